The van der Waals surface area contributed by atoms with Gasteiger partial charge in [0.15, 0.2) is 0 Å². The zero-order valence-corrected chi connectivity index (χ0v) is 8.37. The van der Waals surface area contributed by atoms with Crippen molar-refractivity contribution in [2.24, 2.45) is 5.73 Å². The first-order chi connectivity index (χ1) is 6.77. The molecule has 2 rings (SSSR count). The van der Waals surface area contributed by atoms with Crippen molar-refractivity contribution in [3.63, 3.8) is 0 Å². The Kier molecular flexibility index (Phi) is 2.46. The van der Waals surface area contributed by atoms with Crippen molar-refractivity contribution in [1.82, 2.24) is 0 Å². The summed E-state index contributed by atoms with van der Waals surface area (Å²) in [6, 6.07) is 7.60. The van der Waals surface area contributed by atoms with Gasteiger partial charge >= 0.3 is 0 Å². The van der Waals surface area contributed by atoms with Gasteiger partial charge in [-0.1, -0.05) is 18.6 Å². The molecule has 0 bridgehead atoms. The minimum absolute atomic E-state index is 0.322. The lowest BCUT2D eigenvalue weighted by atomic mass is 9.62. The molecule has 2 heteroatoms. The molecular weight excluding hydrogens is 174 g/mol. The van der Waals surface area contributed by atoms with Crippen molar-refractivity contribution in [2.45, 2.75) is 31.1 Å². The van der Waals surface area contributed by atoms with E-state index in [2.05, 4.69) is 0 Å². The van der Waals surface area contributed by atoms with E-state index in [1.54, 1.807) is 12.1 Å². The zero-order chi connectivity index (χ0) is 10.0. The Labute approximate surface area is 84.7 Å². The van der Waals surface area contributed by atoms with Crippen LogP contribution in [0.2, 0.25) is 0 Å². The molecule has 3 N–H and O–H groups in total. The molecule has 2 nitrogen and oxygen atoms in total. The molecule has 0 aliphatic heterocycles. The Balaban J connectivity index is 2.23. The lowest BCUT2D eigenvalue weighted by molar-refractivity contribution is 0.229. The Morgan fingerprint density at radius 1 is 1.21 bits per heavy atom. The minimum atomic E-state index is 0.322. The first-order valence-corrected chi connectivity index (χ1v) is 5.26. The summed E-state index contributed by atoms with van der Waals surface area (Å²) >= 11 is 0. The number of nitrogens with two attached hydrogens (primary N) is 1. The Bertz CT molecular complexity index is 301. The topological polar surface area (TPSA) is 46.2 Å². The smallest absolute Gasteiger partial charge is 0.115 e. The van der Waals surface area contributed by atoms with E-state index in [1.807, 2.05) is 12.1 Å². The van der Waals surface area contributed by atoms with Gasteiger partial charge in [-0.05, 0) is 48.9 Å². The molecule has 14 heavy (non-hydrogen) atoms. The molecule has 0 unspecified atom stereocenters. The summed E-state index contributed by atoms with van der Waals surface area (Å²) in [5, 5.41) is 9.22. The standard InChI is InChI=1S/C12H17NO/c13-9-8-12(6-1-7-12)10-2-4-11(14)5-3-10/h2-5,14H,1,6-9,13H2. The molecule has 1 fully saturated rings. The van der Waals surface area contributed by atoms with Gasteiger partial charge in [0.05, 0.1) is 0 Å². The first-order valence-electron chi connectivity index (χ1n) is 5.26. The van der Waals surface area contributed by atoms with Crippen LogP contribution in [0.1, 0.15) is 31.2 Å². The SMILES string of the molecule is NCCC1(c2ccc(O)cc2)CCC1. The molecule has 1 aromatic carbocycles. The van der Waals surface area contributed by atoms with E-state index in [1.165, 1.54) is 24.8 Å². The Morgan fingerprint density at radius 3 is 2.29 bits per heavy atom. The predicted octanol–water partition coefficient (Wildman–Crippen LogP) is 2.16. The van der Waals surface area contributed by atoms with Gasteiger partial charge in [-0.25, -0.2) is 0 Å². The number of rotatable bonds is 3. The summed E-state index contributed by atoms with van der Waals surface area (Å²) in [7, 11) is 0. The fraction of sp³-hybridized carbons (Fsp3) is 0.500. The maximum Gasteiger partial charge on any atom is 0.115 e. The van der Waals surface area contributed by atoms with Crippen LogP contribution in [-0.4, -0.2) is 11.7 Å². The van der Waals surface area contributed by atoms with E-state index < -0.39 is 0 Å². The fourth-order valence-electron chi connectivity index (χ4n) is 2.38. The average Bonchev–Trinajstić information content (AvgIpc) is 2.13. The van der Waals surface area contributed by atoms with Crippen LogP contribution < -0.4 is 5.73 Å². The van der Waals surface area contributed by atoms with E-state index >= 15 is 0 Å². The van der Waals surface area contributed by atoms with Crippen molar-refractivity contribution < 1.29 is 5.11 Å². The average molecular weight is 191 g/mol. The Morgan fingerprint density at radius 2 is 1.86 bits per heavy atom. The Hall–Kier alpha value is -1.02. The summed E-state index contributed by atoms with van der Waals surface area (Å²) in [6.45, 7) is 0.751. The maximum atomic E-state index is 9.22. The van der Waals surface area contributed by atoms with Crippen molar-refractivity contribution in [3.05, 3.63) is 29.8 Å². The first kappa shape index (κ1) is 9.53. The van der Waals surface area contributed by atoms with Crippen LogP contribution in [0.5, 0.6) is 5.75 Å². The maximum absolute atomic E-state index is 9.22. The highest BCUT2D eigenvalue weighted by atomic mass is 16.3. The van der Waals surface area contributed by atoms with E-state index in [-0.39, 0.29) is 0 Å². The minimum Gasteiger partial charge on any atom is -0.508 e. The van der Waals surface area contributed by atoms with E-state index in [0.29, 0.717) is 11.2 Å². The lowest BCUT2D eigenvalue weighted by Gasteiger charge is -2.42. The molecule has 1 aliphatic rings. The third-order valence-corrected chi connectivity index (χ3v) is 3.41. The van der Waals surface area contributed by atoms with Crippen LogP contribution in [0.3, 0.4) is 0 Å². The molecule has 0 saturated heterocycles. The number of aromatic hydroxyl groups is 1. The van der Waals surface area contributed by atoms with Gasteiger partial charge in [0, 0.05) is 0 Å². The monoisotopic (exact) mass is 191 g/mol. The largest absolute Gasteiger partial charge is 0.508 e. The van der Waals surface area contributed by atoms with E-state index in [9.17, 15) is 5.11 Å². The molecule has 1 aliphatic carbocycles. The van der Waals surface area contributed by atoms with Gasteiger partial charge in [-0.2, -0.15) is 0 Å². The van der Waals surface area contributed by atoms with Crippen molar-refractivity contribution in [3.8, 4) is 5.75 Å². The predicted molar refractivity (Wildman–Crippen MR) is 57.3 cm³/mol. The molecule has 1 aromatic rings. The summed E-state index contributed by atoms with van der Waals surface area (Å²) < 4.78 is 0. The molecule has 0 radical (unpaired) electrons. The van der Waals surface area contributed by atoms with Crippen LogP contribution in [0, 0.1) is 0 Å². The number of phenols is 1. The molecule has 1 saturated carbocycles. The molecule has 76 valence electrons. The number of hydrogen-bond acceptors (Lipinski definition) is 2. The lowest BCUT2D eigenvalue weighted by Crippen LogP contribution is -2.36. The molecule has 0 aromatic heterocycles. The summed E-state index contributed by atoms with van der Waals surface area (Å²) in [5.74, 6) is 0.343. The fourth-order valence-corrected chi connectivity index (χ4v) is 2.38. The van der Waals surface area contributed by atoms with Crippen LogP contribution in [0.25, 0.3) is 0 Å². The third kappa shape index (κ3) is 1.50. The van der Waals surface area contributed by atoms with Gasteiger partial charge in [0.2, 0.25) is 0 Å². The number of hydrogen-bond donors (Lipinski definition) is 2. The molecular formula is C12H17NO. The summed E-state index contributed by atoms with van der Waals surface area (Å²) in [5.41, 5.74) is 7.30. The van der Waals surface area contributed by atoms with Crippen LogP contribution in [0.4, 0.5) is 0 Å². The highest BCUT2D eigenvalue weighted by Gasteiger charge is 2.37. The quantitative estimate of drug-likeness (QED) is 0.769. The van der Waals surface area contributed by atoms with Gasteiger partial charge in [-0.3, -0.25) is 0 Å². The highest BCUT2D eigenvalue weighted by Crippen LogP contribution is 2.46. The molecule has 0 amide bonds. The third-order valence-electron chi connectivity index (χ3n) is 3.41. The second-order valence-corrected chi connectivity index (χ2v) is 4.22. The molecule has 0 heterocycles. The van der Waals surface area contributed by atoms with E-state index in [0.717, 1.165) is 13.0 Å². The number of benzene rings is 1. The van der Waals surface area contributed by atoms with Gasteiger partial charge in [-0.15, -0.1) is 0 Å². The van der Waals surface area contributed by atoms with Crippen LogP contribution >= 0.6 is 0 Å². The molecule has 0 spiro atoms. The zero-order valence-electron chi connectivity index (χ0n) is 8.37. The van der Waals surface area contributed by atoms with Crippen LogP contribution in [0.15, 0.2) is 24.3 Å². The van der Waals surface area contributed by atoms with Gasteiger partial charge in [0.25, 0.3) is 0 Å². The second kappa shape index (κ2) is 3.62. The van der Waals surface area contributed by atoms with Crippen LogP contribution in [-0.2, 0) is 5.41 Å². The normalized spacial score (nSPS) is 18.9. The van der Waals surface area contributed by atoms with Gasteiger partial charge in [0.1, 0.15) is 5.75 Å². The summed E-state index contributed by atoms with van der Waals surface area (Å²) in [4.78, 5) is 0. The second-order valence-electron chi connectivity index (χ2n) is 4.22. The van der Waals surface area contributed by atoms with E-state index in [4.69, 9.17) is 5.73 Å². The summed E-state index contributed by atoms with van der Waals surface area (Å²) in [6.07, 6.45) is 4.86. The molecule has 0 atom stereocenters. The van der Waals surface area contributed by atoms with Crippen molar-refractivity contribution in [2.75, 3.05) is 6.54 Å². The van der Waals surface area contributed by atoms with Crippen molar-refractivity contribution in [1.29, 1.82) is 0 Å². The van der Waals surface area contributed by atoms with Crippen molar-refractivity contribution >= 4 is 0 Å². The van der Waals surface area contributed by atoms with Gasteiger partial charge < -0.3 is 10.8 Å². The number of phenolic OH excluding ortho intramolecular Hbond substituents is 1. The highest BCUT2D eigenvalue weighted by molar-refractivity contribution is 5.33.